The minimum absolute atomic E-state index is 0.137. The third kappa shape index (κ3) is 3.86. The molecular weight excluding hydrogens is 322 g/mol. The molecular formula is C19H19NO3S. The molecule has 0 saturated carbocycles. The van der Waals surface area contributed by atoms with E-state index in [1.54, 1.807) is 48.7 Å². The van der Waals surface area contributed by atoms with Crippen LogP contribution < -0.4 is 5.73 Å². The quantitative estimate of drug-likeness (QED) is 0.360. The van der Waals surface area contributed by atoms with Crippen molar-refractivity contribution in [2.45, 2.75) is 5.25 Å². The highest BCUT2D eigenvalue weighted by Gasteiger charge is 2.25. The molecule has 0 heterocycles. The molecule has 2 rings (SSSR count). The van der Waals surface area contributed by atoms with Crippen molar-refractivity contribution in [3.05, 3.63) is 77.9 Å². The fourth-order valence-electron chi connectivity index (χ4n) is 2.32. The third-order valence-corrected chi connectivity index (χ3v) is 4.41. The van der Waals surface area contributed by atoms with Gasteiger partial charge in [0.15, 0.2) is 5.78 Å². The molecule has 0 aliphatic heterocycles. The predicted molar refractivity (Wildman–Crippen MR) is 98.1 cm³/mol. The minimum atomic E-state index is -0.589. The van der Waals surface area contributed by atoms with Gasteiger partial charge in [0.1, 0.15) is 11.9 Å². The Morgan fingerprint density at radius 2 is 1.92 bits per heavy atom. The number of carbonyl (C=O) groups excluding carboxylic acids is 2. The SMILES string of the molecule is C=CCOC(=O)C(SC)c1cccc(C(=O)c2ccccc2)c1N. The average molecular weight is 341 g/mol. The van der Waals surface area contributed by atoms with Gasteiger partial charge >= 0.3 is 5.97 Å². The number of hydrogen-bond acceptors (Lipinski definition) is 5. The normalized spacial score (nSPS) is 11.5. The van der Waals surface area contributed by atoms with Gasteiger partial charge in [0.05, 0.1) is 0 Å². The van der Waals surface area contributed by atoms with E-state index in [-0.39, 0.29) is 12.4 Å². The maximum atomic E-state index is 12.7. The lowest BCUT2D eigenvalue weighted by atomic mass is 9.97. The van der Waals surface area contributed by atoms with Crippen LogP contribution in [0.15, 0.2) is 61.2 Å². The highest BCUT2D eigenvalue weighted by atomic mass is 32.2. The standard InChI is InChI=1S/C19H19NO3S/c1-3-12-23-19(22)18(24-2)15-11-7-10-14(16(15)20)17(21)13-8-5-4-6-9-13/h3-11,18H,1,12,20H2,2H3. The summed E-state index contributed by atoms with van der Waals surface area (Å²) in [7, 11) is 0. The Morgan fingerprint density at radius 3 is 2.54 bits per heavy atom. The summed E-state index contributed by atoms with van der Waals surface area (Å²) in [5.74, 6) is -0.576. The molecule has 0 aliphatic rings. The maximum absolute atomic E-state index is 12.7. The van der Waals surface area contributed by atoms with Gasteiger partial charge in [-0.1, -0.05) is 55.1 Å². The lowest BCUT2D eigenvalue weighted by molar-refractivity contribution is -0.141. The van der Waals surface area contributed by atoms with E-state index in [1.165, 1.54) is 17.8 Å². The van der Waals surface area contributed by atoms with Crippen molar-refractivity contribution in [2.75, 3.05) is 18.6 Å². The largest absolute Gasteiger partial charge is 0.460 e. The van der Waals surface area contributed by atoms with Gasteiger partial charge in [-0.3, -0.25) is 9.59 Å². The van der Waals surface area contributed by atoms with Gasteiger partial charge < -0.3 is 10.5 Å². The Bertz CT molecular complexity index is 744. The molecule has 24 heavy (non-hydrogen) atoms. The molecule has 0 spiro atoms. The van der Waals surface area contributed by atoms with Gasteiger partial charge in [-0.15, -0.1) is 11.8 Å². The first-order chi connectivity index (χ1) is 11.6. The summed E-state index contributed by atoms with van der Waals surface area (Å²) < 4.78 is 5.12. The molecule has 0 fully saturated rings. The van der Waals surface area contributed by atoms with E-state index >= 15 is 0 Å². The van der Waals surface area contributed by atoms with E-state index < -0.39 is 11.2 Å². The van der Waals surface area contributed by atoms with Gasteiger partial charge in [-0.25, -0.2) is 0 Å². The summed E-state index contributed by atoms with van der Waals surface area (Å²) in [6, 6.07) is 14.0. The van der Waals surface area contributed by atoms with E-state index in [1.807, 2.05) is 6.07 Å². The second-order valence-corrected chi connectivity index (χ2v) is 5.98. The first-order valence-corrected chi connectivity index (χ1v) is 8.67. The number of thioether (sulfide) groups is 1. The number of nitrogens with two attached hydrogens (primary N) is 1. The van der Waals surface area contributed by atoms with E-state index in [0.717, 1.165) is 0 Å². The minimum Gasteiger partial charge on any atom is -0.460 e. The lowest BCUT2D eigenvalue weighted by Gasteiger charge is -2.17. The van der Waals surface area contributed by atoms with Gasteiger partial charge in [0.2, 0.25) is 0 Å². The van der Waals surface area contributed by atoms with Crippen LogP contribution in [-0.2, 0) is 9.53 Å². The van der Waals surface area contributed by atoms with E-state index in [4.69, 9.17) is 10.5 Å². The predicted octanol–water partition coefficient (Wildman–Crippen LogP) is 3.63. The average Bonchev–Trinajstić information content (AvgIpc) is 2.62. The third-order valence-electron chi connectivity index (χ3n) is 3.50. The Labute approximate surface area is 145 Å². The summed E-state index contributed by atoms with van der Waals surface area (Å²) >= 11 is 1.31. The van der Waals surface area contributed by atoms with E-state index in [0.29, 0.717) is 22.4 Å². The summed E-state index contributed by atoms with van der Waals surface area (Å²) in [6.07, 6.45) is 3.30. The first-order valence-electron chi connectivity index (χ1n) is 7.38. The van der Waals surface area contributed by atoms with Crippen LogP contribution in [0, 0.1) is 0 Å². The molecule has 124 valence electrons. The van der Waals surface area contributed by atoms with Crippen molar-refractivity contribution in [3.8, 4) is 0 Å². The van der Waals surface area contributed by atoms with Gasteiger partial charge in [0, 0.05) is 16.8 Å². The zero-order valence-electron chi connectivity index (χ0n) is 13.4. The summed E-state index contributed by atoms with van der Waals surface area (Å²) in [5, 5.41) is -0.589. The number of nitrogen functional groups attached to an aromatic ring is 1. The number of rotatable bonds is 7. The number of esters is 1. The molecule has 0 aliphatic carbocycles. The van der Waals surface area contributed by atoms with Crippen molar-refractivity contribution >= 4 is 29.2 Å². The van der Waals surface area contributed by atoms with Crippen molar-refractivity contribution in [3.63, 3.8) is 0 Å². The Morgan fingerprint density at radius 1 is 1.21 bits per heavy atom. The molecule has 2 N–H and O–H groups in total. The Hall–Kier alpha value is -2.53. The summed E-state index contributed by atoms with van der Waals surface area (Å²) in [4.78, 5) is 24.9. The van der Waals surface area contributed by atoms with Crippen molar-refractivity contribution in [2.24, 2.45) is 0 Å². The second kappa shape index (κ2) is 8.36. The zero-order chi connectivity index (χ0) is 17.5. The second-order valence-electron chi connectivity index (χ2n) is 5.04. The van der Waals surface area contributed by atoms with Gasteiger partial charge in [-0.05, 0) is 17.9 Å². The fourth-order valence-corrected chi connectivity index (χ4v) is 3.04. The molecule has 0 bridgehead atoms. The van der Waals surface area contributed by atoms with Crippen LogP contribution in [-0.4, -0.2) is 24.6 Å². The van der Waals surface area contributed by atoms with Crippen molar-refractivity contribution in [1.29, 1.82) is 0 Å². The molecule has 0 radical (unpaired) electrons. The molecule has 1 unspecified atom stereocenters. The molecule has 2 aromatic rings. The number of benzene rings is 2. The highest BCUT2D eigenvalue weighted by molar-refractivity contribution is 7.99. The number of ketones is 1. The van der Waals surface area contributed by atoms with Crippen LogP contribution >= 0.6 is 11.8 Å². The van der Waals surface area contributed by atoms with Crippen LogP contribution in [0.1, 0.15) is 26.7 Å². The Balaban J connectivity index is 2.38. The topological polar surface area (TPSA) is 69.4 Å². The van der Waals surface area contributed by atoms with Gasteiger partial charge in [0.25, 0.3) is 0 Å². The van der Waals surface area contributed by atoms with Crippen LogP contribution in [0.5, 0.6) is 0 Å². The number of hydrogen-bond donors (Lipinski definition) is 1. The summed E-state index contributed by atoms with van der Waals surface area (Å²) in [6.45, 7) is 3.66. The molecule has 0 aromatic heterocycles. The number of anilines is 1. The number of ether oxygens (including phenoxy) is 1. The Kier molecular flexibility index (Phi) is 6.21. The molecule has 2 aromatic carbocycles. The lowest BCUT2D eigenvalue weighted by Crippen LogP contribution is -2.16. The number of para-hydroxylation sites is 1. The molecule has 5 heteroatoms. The van der Waals surface area contributed by atoms with E-state index in [2.05, 4.69) is 6.58 Å². The van der Waals surface area contributed by atoms with Crippen molar-refractivity contribution in [1.82, 2.24) is 0 Å². The zero-order valence-corrected chi connectivity index (χ0v) is 14.2. The molecule has 1 atom stereocenters. The smallest absolute Gasteiger partial charge is 0.323 e. The van der Waals surface area contributed by atoms with Crippen LogP contribution in [0.2, 0.25) is 0 Å². The molecule has 0 amide bonds. The first kappa shape index (κ1) is 17.8. The summed E-state index contributed by atoms with van der Waals surface area (Å²) in [5.41, 5.74) is 8.03. The van der Waals surface area contributed by atoms with Crippen LogP contribution in [0.25, 0.3) is 0 Å². The monoisotopic (exact) mass is 341 g/mol. The molecule has 4 nitrogen and oxygen atoms in total. The fraction of sp³-hybridized carbons (Fsp3) is 0.158. The highest BCUT2D eigenvalue weighted by Crippen LogP contribution is 2.34. The van der Waals surface area contributed by atoms with Gasteiger partial charge in [-0.2, -0.15) is 0 Å². The van der Waals surface area contributed by atoms with Crippen molar-refractivity contribution < 1.29 is 14.3 Å². The number of carbonyl (C=O) groups is 2. The van der Waals surface area contributed by atoms with Crippen LogP contribution in [0.4, 0.5) is 5.69 Å². The van der Waals surface area contributed by atoms with E-state index in [9.17, 15) is 9.59 Å². The molecule has 0 saturated heterocycles. The van der Waals surface area contributed by atoms with Crippen LogP contribution in [0.3, 0.4) is 0 Å². The maximum Gasteiger partial charge on any atom is 0.323 e.